The third kappa shape index (κ3) is 4.99. The van der Waals surface area contributed by atoms with Gasteiger partial charge in [0.15, 0.2) is 0 Å². The van der Waals surface area contributed by atoms with Gasteiger partial charge in [-0.05, 0) is 30.3 Å². The van der Waals surface area contributed by atoms with Crippen molar-refractivity contribution in [1.82, 2.24) is 0 Å². The van der Waals surface area contributed by atoms with Crippen LogP contribution in [0.15, 0.2) is 47.4 Å². The Morgan fingerprint density at radius 2 is 1.67 bits per heavy atom. The van der Waals surface area contributed by atoms with E-state index in [0.717, 1.165) is 12.1 Å². The van der Waals surface area contributed by atoms with Crippen molar-refractivity contribution in [3.63, 3.8) is 0 Å². The average Bonchev–Trinajstić information content (AvgIpc) is 2.61. The van der Waals surface area contributed by atoms with E-state index in [1.807, 2.05) is 0 Å². The van der Waals surface area contributed by atoms with Crippen molar-refractivity contribution >= 4 is 38.9 Å². The number of primary sulfonamides is 1. The van der Waals surface area contributed by atoms with E-state index < -0.39 is 26.8 Å². The zero-order valence-electron chi connectivity index (χ0n) is 13.8. The Morgan fingerprint density at radius 1 is 1.07 bits per heavy atom. The standard InChI is InChI=1S/C15H14N4O7S/c1-26-13-8-10(19(22)23)4-7-12(13)18-15(21)14(20)17-9-2-5-11(6-3-9)27(16,24)25/h2-8H,1H3,(H,17,20)(H,18,21)(H2,16,24,25). The van der Waals surface area contributed by atoms with Gasteiger partial charge in [-0.15, -0.1) is 0 Å². The predicted molar refractivity (Wildman–Crippen MR) is 94.7 cm³/mol. The molecule has 0 fully saturated rings. The van der Waals surface area contributed by atoms with Crippen molar-refractivity contribution in [3.8, 4) is 5.75 Å². The summed E-state index contributed by atoms with van der Waals surface area (Å²) in [6.45, 7) is 0. The molecule has 142 valence electrons. The monoisotopic (exact) mass is 394 g/mol. The molecule has 0 bridgehead atoms. The van der Waals surface area contributed by atoms with E-state index in [1.165, 1.54) is 37.4 Å². The van der Waals surface area contributed by atoms with Gasteiger partial charge in [0.25, 0.3) is 5.69 Å². The minimum Gasteiger partial charge on any atom is -0.494 e. The third-order valence-corrected chi connectivity index (χ3v) is 4.22. The average molecular weight is 394 g/mol. The van der Waals surface area contributed by atoms with Crippen LogP contribution >= 0.6 is 0 Å². The largest absolute Gasteiger partial charge is 0.494 e. The Bertz CT molecular complexity index is 1000. The van der Waals surface area contributed by atoms with E-state index in [9.17, 15) is 28.1 Å². The van der Waals surface area contributed by atoms with Gasteiger partial charge in [-0.1, -0.05) is 0 Å². The lowest BCUT2D eigenvalue weighted by Crippen LogP contribution is -2.29. The molecule has 11 nitrogen and oxygen atoms in total. The zero-order valence-corrected chi connectivity index (χ0v) is 14.6. The molecular weight excluding hydrogens is 380 g/mol. The summed E-state index contributed by atoms with van der Waals surface area (Å²) in [7, 11) is -2.62. The molecule has 2 amide bonds. The SMILES string of the molecule is COc1cc([N+](=O)[O-])ccc1NC(=O)C(=O)Nc1ccc(S(N)(=O)=O)cc1. The maximum Gasteiger partial charge on any atom is 0.314 e. The van der Waals surface area contributed by atoms with Gasteiger partial charge in [0.2, 0.25) is 10.0 Å². The van der Waals surface area contributed by atoms with Crippen molar-refractivity contribution in [2.24, 2.45) is 5.14 Å². The molecule has 0 atom stereocenters. The normalized spacial score (nSPS) is 10.7. The van der Waals surface area contributed by atoms with Crippen molar-refractivity contribution in [2.75, 3.05) is 17.7 Å². The number of nitro benzene ring substituents is 1. The fourth-order valence-corrected chi connectivity index (χ4v) is 2.51. The summed E-state index contributed by atoms with van der Waals surface area (Å²) in [5, 5.41) is 20.3. The van der Waals surface area contributed by atoms with Crippen LogP contribution in [0.4, 0.5) is 17.1 Å². The van der Waals surface area contributed by atoms with Crippen LogP contribution in [-0.2, 0) is 19.6 Å². The number of non-ortho nitro benzene ring substituents is 1. The Hall–Kier alpha value is -3.51. The minimum atomic E-state index is -3.88. The number of carbonyl (C=O) groups is 2. The lowest BCUT2D eigenvalue weighted by molar-refractivity contribution is -0.384. The number of nitrogens with one attached hydrogen (secondary N) is 2. The number of rotatable bonds is 5. The summed E-state index contributed by atoms with van der Waals surface area (Å²) >= 11 is 0. The number of nitro groups is 1. The summed E-state index contributed by atoms with van der Waals surface area (Å²) < 4.78 is 27.3. The molecule has 0 saturated heterocycles. The molecule has 12 heteroatoms. The van der Waals surface area contributed by atoms with Crippen LogP contribution in [0.2, 0.25) is 0 Å². The molecule has 0 aliphatic carbocycles. The Kier molecular flexibility index (Phi) is 5.72. The lowest BCUT2D eigenvalue weighted by atomic mass is 10.2. The number of amides is 2. The summed E-state index contributed by atoms with van der Waals surface area (Å²) in [6, 6.07) is 8.32. The topological polar surface area (TPSA) is 171 Å². The summed E-state index contributed by atoms with van der Waals surface area (Å²) in [6.07, 6.45) is 0. The van der Waals surface area contributed by atoms with E-state index >= 15 is 0 Å². The second kappa shape index (κ2) is 7.80. The predicted octanol–water partition coefficient (Wildman–Crippen LogP) is 0.828. The first-order valence-electron chi connectivity index (χ1n) is 7.19. The highest BCUT2D eigenvalue weighted by molar-refractivity contribution is 7.89. The second-order valence-corrected chi connectivity index (χ2v) is 6.68. The molecule has 2 aromatic carbocycles. The molecule has 0 aliphatic heterocycles. The van der Waals surface area contributed by atoms with E-state index in [4.69, 9.17) is 9.88 Å². The summed E-state index contributed by atoms with van der Waals surface area (Å²) in [5.41, 5.74) is -0.0183. The number of anilines is 2. The molecule has 0 heterocycles. The molecule has 27 heavy (non-hydrogen) atoms. The quantitative estimate of drug-likeness (QED) is 0.383. The summed E-state index contributed by atoms with van der Waals surface area (Å²) in [4.78, 5) is 33.9. The number of methoxy groups -OCH3 is 1. The van der Waals surface area contributed by atoms with Gasteiger partial charge in [0.05, 0.1) is 28.7 Å². The number of hydrogen-bond donors (Lipinski definition) is 3. The van der Waals surface area contributed by atoms with Gasteiger partial charge in [0, 0.05) is 11.8 Å². The van der Waals surface area contributed by atoms with Crippen molar-refractivity contribution in [2.45, 2.75) is 4.90 Å². The third-order valence-electron chi connectivity index (χ3n) is 3.29. The molecule has 2 aromatic rings. The molecule has 0 aromatic heterocycles. The van der Waals surface area contributed by atoms with Crippen molar-refractivity contribution in [1.29, 1.82) is 0 Å². The van der Waals surface area contributed by atoms with E-state index in [1.54, 1.807) is 0 Å². The molecular formula is C15H14N4O7S. The molecule has 0 aliphatic rings. The fourth-order valence-electron chi connectivity index (χ4n) is 1.99. The van der Waals surface area contributed by atoms with E-state index in [-0.39, 0.29) is 27.7 Å². The van der Waals surface area contributed by atoms with Gasteiger partial charge in [-0.25, -0.2) is 13.6 Å². The van der Waals surface area contributed by atoms with Crippen LogP contribution in [0, 0.1) is 10.1 Å². The van der Waals surface area contributed by atoms with Crippen molar-refractivity contribution < 1.29 is 27.7 Å². The van der Waals surface area contributed by atoms with Gasteiger partial charge in [-0.2, -0.15) is 0 Å². The maximum absolute atomic E-state index is 12.0. The Balaban J connectivity index is 2.10. The highest BCUT2D eigenvalue weighted by atomic mass is 32.2. The fraction of sp³-hybridized carbons (Fsp3) is 0.0667. The number of benzene rings is 2. The van der Waals surface area contributed by atoms with Gasteiger partial charge in [0.1, 0.15) is 5.75 Å². The minimum absolute atomic E-state index is 0.00264. The summed E-state index contributed by atoms with van der Waals surface area (Å²) in [5.74, 6) is -2.10. The number of sulfonamides is 1. The Morgan fingerprint density at radius 3 is 2.19 bits per heavy atom. The number of ether oxygens (including phenoxy) is 1. The molecule has 2 rings (SSSR count). The first-order chi connectivity index (χ1) is 12.6. The van der Waals surface area contributed by atoms with Crippen molar-refractivity contribution in [3.05, 3.63) is 52.6 Å². The van der Waals surface area contributed by atoms with Crippen LogP contribution in [0.3, 0.4) is 0 Å². The van der Waals surface area contributed by atoms with Crippen LogP contribution in [-0.4, -0.2) is 32.3 Å². The highest BCUT2D eigenvalue weighted by Gasteiger charge is 2.18. The van der Waals surface area contributed by atoms with Crippen LogP contribution < -0.4 is 20.5 Å². The molecule has 0 spiro atoms. The highest BCUT2D eigenvalue weighted by Crippen LogP contribution is 2.29. The Labute approximate surface area is 153 Å². The maximum atomic E-state index is 12.0. The van der Waals surface area contributed by atoms with Crippen LogP contribution in [0.5, 0.6) is 5.75 Å². The van der Waals surface area contributed by atoms with E-state index in [0.29, 0.717) is 0 Å². The van der Waals surface area contributed by atoms with Crippen LogP contribution in [0.25, 0.3) is 0 Å². The van der Waals surface area contributed by atoms with Gasteiger partial charge >= 0.3 is 11.8 Å². The lowest BCUT2D eigenvalue weighted by Gasteiger charge is -2.10. The van der Waals surface area contributed by atoms with E-state index in [2.05, 4.69) is 10.6 Å². The second-order valence-electron chi connectivity index (χ2n) is 5.12. The number of hydrogen-bond acceptors (Lipinski definition) is 7. The first kappa shape index (κ1) is 19.8. The first-order valence-corrected chi connectivity index (χ1v) is 8.74. The van der Waals surface area contributed by atoms with Gasteiger partial charge in [-0.3, -0.25) is 19.7 Å². The number of carbonyl (C=O) groups excluding carboxylic acids is 2. The molecule has 0 saturated carbocycles. The zero-order chi connectivity index (χ0) is 20.2. The number of nitrogens with two attached hydrogens (primary N) is 1. The molecule has 4 N–H and O–H groups in total. The van der Waals surface area contributed by atoms with Crippen LogP contribution in [0.1, 0.15) is 0 Å². The van der Waals surface area contributed by atoms with Gasteiger partial charge < -0.3 is 15.4 Å². The molecule has 0 unspecified atom stereocenters. The smallest absolute Gasteiger partial charge is 0.314 e. The number of nitrogens with zero attached hydrogens (tertiary/aromatic N) is 1. The molecule has 0 radical (unpaired) electrons.